The molecule has 0 bridgehead atoms. The third kappa shape index (κ3) is 3.35. The molecule has 8 nitrogen and oxygen atoms in total. The number of fused-ring (bicyclic) bond motifs is 1. The standard InChI is InChI=1S/C12H19NO7P2/c14-12(21(15,16)17,22(18,19)20)7-8-13-11-6-5-9-3-1-2-4-10(9)11/h1-4,11,13-14H,5-8H2,(H2,15,16,17)(H2,18,19,20). The summed E-state index contributed by atoms with van der Waals surface area (Å²) >= 11 is 0. The topological polar surface area (TPSA) is 147 Å². The largest absolute Gasteiger partial charge is 0.369 e. The second kappa shape index (κ2) is 6.15. The Morgan fingerprint density at radius 2 is 1.73 bits per heavy atom. The zero-order chi connectivity index (χ0) is 16.6. The van der Waals surface area contributed by atoms with Gasteiger partial charge < -0.3 is 30.0 Å². The van der Waals surface area contributed by atoms with Gasteiger partial charge in [-0.3, -0.25) is 9.13 Å². The Kier molecular flexibility index (Phi) is 4.97. The molecule has 0 fully saturated rings. The molecule has 0 amide bonds. The number of aryl methyl sites for hydroxylation is 1. The Bertz CT molecular complexity index is 616. The van der Waals surface area contributed by atoms with Gasteiger partial charge in [0.05, 0.1) is 0 Å². The molecule has 0 spiro atoms. The van der Waals surface area contributed by atoms with Gasteiger partial charge in [-0.05, 0) is 30.5 Å². The molecule has 22 heavy (non-hydrogen) atoms. The van der Waals surface area contributed by atoms with Gasteiger partial charge in [0.15, 0.2) is 0 Å². The molecule has 0 aliphatic heterocycles. The van der Waals surface area contributed by atoms with E-state index >= 15 is 0 Å². The third-order valence-corrected chi connectivity index (χ3v) is 7.79. The maximum absolute atomic E-state index is 11.2. The molecule has 1 aromatic carbocycles. The number of hydrogen-bond donors (Lipinski definition) is 6. The first-order valence-electron chi connectivity index (χ1n) is 6.71. The lowest BCUT2D eigenvalue weighted by Gasteiger charge is -2.29. The summed E-state index contributed by atoms with van der Waals surface area (Å²) in [5.41, 5.74) is 2.22. The minimum Gasteiger partial charge on any atom is -0.367 e. The first-order chi connectivity index (χ1) is 10.1. The maximum atomic E-state index is 11.2. The molecule has 0 heterocycles. The highest BCUT2D eigenvalue weighted by Gasteiger charge is 2.58. The van der Waals surface area contributed by atoms with Crippen LogP contribution in [-0.4, -0.2) is 36.3 Å². The number of aliphatic hydroxyl groups is 1. The van der Waals surface area contributed by atoms with Crippen LogP contribution in [0.2, 0.25) is 0 Å². The molecular weight excluding hydrogens is 332 g/mol. The van der Waals surface area contributed by atoms with Crippen molar-refractivity contribution in [1.29, 1.82) is 0 Å². The summed E-state index contributed by atoms with van der Waals surface area (Å²) in [7, 11) is -10.8. The SMILES string of the molecule is O=P(O)(O)C(O)(CCNC1CCc2ccccc21)P(=O)(O)O. The quantitative estimate of drug-likeness (QED) is 0.410. The van der Waals surface area contributed by atoms with Gasteiger partial charge >= 0.3 is 15.2 Å². The molecule has 0 saturated carbocycles. The van der Waals surface area contributed by atoms with Gasteiger partial charge in [0.25, 0.3) is 5.08 Å². The van der Waals surface area contributed by atoms with Crippen molar-refractivity contribution in [1.82, 2.24) is 5.32 Å². The molecule has 124 valence electrons. The molecule has 0 radical (unpaired) electrons. The minimum absolute atomic E-state index is 0.0611. The molecule has 6 N–H and O–H groups in total. The Morgan fingerprint density at radius 1 is 1.14 bits per heavy atom. The van der Waals surface area contributed by atoms with Gasteiger partial charge in [-0.2, -0.15) is 0 Å². The van der Waals surface area contributed by atoms with E-state index in [0.29, 0.717) is 0 Å². The van der Waals surface area contributed by atoms with Crippen molar-refractivity contribution in [2.75, 3.05) is 6.54 Å². The highest BCUT2D eigenvalue weighted by Crippen LogP contribution is 2.68. The smallest absolute Gasteiger partial charge is 0.367 e. The van der Waals surface area contributed by atoms with Crippen LogP contribution in [0.5, 0.6) is 0 Å². The second-order valence-electron chi connectivity index (χ2n) is 5.36. The van der Waals surface area contributed by atoms with E-state index in [-0.39, 0.29) is 12.6 Å². The molecule has 1 aliphatic rings. The van der Waals surface area contributed by atoms with E-state index in [9.17, 15) is 14.2 Å². The predicted octanol–water partition coefficient (Wildman–Crippen LogP) is 0.655. The summed E-state index contributed by atoms with van der Waals surface area (Å²) < 4.78 is 22.5. The van der Waals surface area contributed by atoms with E-state index in [0.717, 1.165) is 18.4 Å². The summed E-state index contributed by atoms with van der Waals surface area (Å²) in [5.74, 6) is 0. The number of benzene rings is 1. The molecule has 1 aliphatic carbocycles. The Labute approximate surface area is 127 Å². The van der Waals surface area contributed by atoms with Crippen LogP contribution in [0.15, 0.2) is 24.3 Å². The van der Waals surface area contributed by atoms with Crippen molar-refractivity contribution >= 4 is 15.2 Å². The molecule has 2 rings (SSSR count). The predicted molar refractivity (Wildman–Crippen MR) is 79.2 cm³/mol. The van der Waals surface area contributed by atoms with E-state index in [2.05, 4.69) is 5.32 Å². The summed E-state index contributed by atoms with van der Waals surface area (Å²) in [4.78, 5) is 36.3. The van der Waals surface area contributed by atoms with Gasteiger partial charge in [-0.1, -0.05) is 24.3 Å². The second-order valence-corrected chi connectivity index (χ2v) is 9.37. The first kappa shape index (κ1) is 17.8. The van der Waals surface area contributed by atoms with Crippen molar-refractivity contribution in [3.8, 4) is 0 Å². The van der Waals surface area contributed by atoms with E-state index in [4.69, 9.17) is 19.6 Å². The lowest BCUT2D eigenvalue weighted by molar-refractivity contribution is 0.122. The number of nitrogens with one attached hydrogen (secondary N) is 1. The fourth-order valence-electron chi connectivity index (χ4n) is 2.64. The summed E-state index contributed by atoms with van der Waals surface area (Å²) in [6, 6.07) is 7.65. The fraction of sp³-hybridized carbons (Fsp3) is 0.500. The molecule has 1 unspecified atom stereocenters. The van der Waals surface area contributed by atoms with Gasteiger partial charge in [-0.15, -0.1) is 0 Å². The Hall–Kier alpha value is -0.560. The average molecular weight is 351 g/mol. The normalized spacial score (nSPS) is 19.2. The van der Waals surface area contributed by atoms with E-state index < -0.39 is 26.7 Å². The molecule has 1 atom stereocenters. The van der Waals surface area contributed by atoms with Gasteiger partial charge in [0, 0.05) is 12.5 Å². The van der Waals surface area contributed by atoms with Crippen LogP contribution in [0.1, 0.15) is 30.0 Å². The van der Waals surface area contributed by atoms with Crippen LogP contribution in [0.3, 0.4) is 0 Å². The molecule has 0 saturated heterocycles. The highest BCUT2D eigenvalue weighted by atomic mass is 31.2. The third-order valence-electron chi connectivity index (χ3n) is 3.92. The van der Waals surface area contributed by atoms with Crippen LogP contribution < -0.4 is 5.32 Å². The molecule has 0 aromatic heterocycles. The van der Waals surface area contributed by atoms with Gasteiger partial charge in [-0.25, -0.2) is 0 Å². The molecular formula is C12H19NO7P2. The summed E-state index contributed by atoms with van der Waals surface area (Å²) in [6.07, 6.45) is 0.888. The molecule has 1 aromatic rings. The van der Waals surface area contributed by atoms with Crippen molar-refractivity contribution in [3.05, 3.63) is 35.4 Å². The van der Waals surface area contributed by atoms with Gasteiger partial charge in [0.2, 0.25) is 0 Å². The Balaban J connectivity index is 2.04. The van der Waals surface area contributed by atoms with E-state index in [1.807, 2.05) is 24.3 Å². The number of hydrogen-bond acceptors (Lipinski definition) is 4. The minimum atomic E-state index is -5.38. The van der Waals surface area contributed by atoms with Crippen molar-refractivity contribution in [2.45, 2.75) is 30.4 Å². The molecule has 10 heteroatoms. The van der Waals surface area contributed by atoms with Crippen LogP contribution in [0.4, 0.5) is 0 Å². The van der Waals surface area contributed by atoms with Crippen LogP contribution in [0, 0.1) is 0 Å². The summed E-state index contributed by atoms with van der Waals surface area (Å²) in [6.45, 7) is -0.133. The maximum Gasteiger partial charge on any atom is 0.369 e. The summed E-state index contributed by atoms with van der Waals surface area (Å²) in [5, 5.41) is 9.42. The highest BCUT2D eigenvalue weighted by molar-refractivity contribution is 7.72. The van der Waals surface area contributed by atoms with Gasteiger partial charge in [0.1, 0.15) is 0 Å². The Morgan fingerprint density at radius 3 is 2.32 bits per heavy atom. The lowest BCUT2D eigenvalue weighted by Crippen LogP contribution is -2.34. The van der Waals surface area contributed by atoms with Crippen LogP contribution in [-0.2, 0) is 15.6 Å². The van der Waals surface area contributed by atoms with Crippen LogP contribution >= 0.6 is 15.2 Å². The lowest BCUT2D eigenvalue weighted by atomic mass is 10.1. The van der Waals surface area contributed by atoms with Crippen LogP contribution in [0.25, 0.3) is 0 Å². The zero-order valence-electron chi connectivity index (χ0n) is 11.7. The average Bonchev–Trinajstić information content (AvgIpc) is 2.79. The van der Waals surface area contributed by atoms with E-state index in [1.165, 1.54) is 5.56 Å². The van der Waals surface area contributed by atoms with E-state index in [1.54, 1.807) is 0 Å². The number of rotatable bonds is 6. The zero-order valence-corrected chi connectivity index (χ0v) is 13.5. The van der Waals surface area contributed by atoms with Crippen molar-refractivity contribution < 1.29 is 33.8 Å². The first-order valence-corrected chi connectivity index (χ1v) is 9.93. The fourth-order valence-corrected chi connectivity index (χ4v) is 4.81. The van der Waals surface area contributed by atoms with Crippen molar-refractivity contribution in [3.63, 3.8) is 0 Å². The van der Waals surface area contributed by atoms with Crippen molar-refractivity contribution in [2.24, 2.45) is 0 Å². The monoisotopic (exact) mass is 351 g/mol.